The third kappa shape index (κ3) is 26.8. The molecule has 1 aromatic rings. The number of anilines is 1. The molecule has 0 atom stereocenters. The second-order valence-electron chi connectivity index (χ2n) is 14.3. The topological polar surface area (TPSA) is 38.8 Å². The Hall–Kier alpha value is -1.85. The molecule has 0 aliphatic carbocycles. The zero-order valence-corrected chi connectivity index (χ0v) is 32.0. The van der Waals surface area contributed by atoms with Crippen LogP contribution in [0.3, 0.4) is 0 Å². The number of hydrogen-bond donors (Lipinski definition) is 1. The fourth-order valence-corrected chi connectivity index (χ4v) is 6.33. The van der Waals surface area contributed by atoms with E-state index in [0.717, 1.165) is 37.3 Å². The van der Waals surface area contributed by atoms with Crippen molar-refractivity contribution < 1.29 is 4.79 Å². The van der Waals surface area contributed by atoms with Gasteiger partial charge in [-0.3, -0.25) is 4.79 Å². The van der Waals surface area contributed by atoms with Crippen LogP contribution in [0.5, 0.6) is 0 Å². The number of hydrogen-bond acceptors (Lipinski definition) is 4. The summed E-state index contributed by atoms with van der Waals surface area (Å²) in [4.78, 5) is 19.6. The first-order chi connectivity index (χ1) is 23.0. The van der Waals surface area contributed by atoms with E-state index in [2.05, 4.69) is 53.0 Å². The van der Waals surface area contributed by atoms with Gasteiger partial charge in [0.05, 0.1) is 0 Å². The smallest absolute Gasteiger partial charge is 0.243 e. The molecule has 272 valence electrons. The minimum Gasteiger partial charge on any atom is -0.378 e. The molecule has 1 N–H and O–H groups in total. The molecule has 0 bridgehead atoms. The summed E-state index contributed by atoms with van der Waals surface area (Å²) in [6.45, 7) is 11.2. The lowest BCUT2D eigenvalue weighted by molar-refractivity contribution is -0.116. The van der Waals surface area contributed by atoms with E-state index in [0.29, 0.717) is 0 Å². The maximum atomic E-state index is 12.3. The lowest BCUT2D eigenvalue weighted by Gasteiger charge is -2.24. The lowest BCUT2D eigenvalue weighted by Crippen LogP contribution is -2.31. The molecule has 1 aromatic carbocycles. The molecular weight excluding hydrogens is 576 g/mol. The lowest BCUT2D eigenvalue weighted by atomic mass is 10.1. The van der Waals surface area contributed by atoms with Gasteiger partial charge in [0, 0.05) is 32.4 Å². The zero-order valence-electron chi connectivity index (χ0n) is 32.0. The largest absolute Gasteiger partial charge is 0.378 e. The molecule has 0 aliphatic rings. The highest BCUT2D eigenvalue weighted by Gasteiger charge is 2.07. The molecule has 5 nitrogen and oxygen atoms in total. The van der Waals surface area contributed by atoms with Crippen LogP contribution in [-0.2, 0) is 4.79 Å². The minimum atomic E-state index is -0.0149. The van der Waals surface area contributed by atoms with Gasteiger partial charge in [0.1, 0.15) is 0 Å². The molecule has 0 radical (unpaired) electrons. The molecule has 0 unspecified atom stereocenters. The van der Waals surface area contributed by atoms with Crippen LogP contribution >= 0.6 is 0 Å². The van der Waals surface area contributed by atoms with Crippen LogP contribution < -0.4 is 10.2 Å². The average molecular weight is 655 g/mol. The van der Waals surface area contributed by atoms with E-state index >= 15 is 0 Å². The Kier molecular flexibility index (Phi) is 28.9. The Balaban J connectivity index is 2.25. The highest BCUT2D eigenvalue weighted by molar-refractivity contribution is 5.91. The molecule has 1 amide bonds. The van der Waals surface area contributed by atoms with Crippen LogP contribution in [0, 0.1) is 0 Å². The monoisotopic (exact) mass is 655 g/mol. The summed E-state index contributed by atoms with van der Waals surface area (Å²) in [7, 11) is 6.29. The fraction of sp³-hybridized carbons (Fsp3) is 0.786. The van der Waals surface area contributed by atoms with Crippen LogP contribution in [0.1, 0.15) is 161 Å². The number of rotatable bonds is 33. The standard InChI is InChI=1S/C42H78N4O/c1-6-8-10-12-14-16-18-20-22-24-37-46(38-25-23-21-19-17-15-13-11-9-7-2)39-27-36-45(5)35-26-34-43-42(47)33-30-40-28-31-41(32-29-40)44(3)4/h28-33H,6-27,34-39H2,1-5H3,(H,43,47)/b33-30+. The van der Waals surface area contributed by atoms with E-state index in [4.69, 9.17) is 0 Å². The summed E-state index contributed by atoms with van der Waals surface area (Å²) in [6.07, 6.45) is 33.9. The maximum Gasteiger partial charge on any atom is 0.243 e. The summed E-state index contributed by atoms with van der Waals surface area (Å²) in [5, 5.41) is 3.05. The van der Waals surface area contributed by atoms with Crippen molar-refractivity contribution in [1.82, 2.24) is 15.1 Å². The van der Waals surface area contributed by atoms with E-state index in [1.165, 1.54) is 154 Å². The van der Waals surface area contributed by atoms with Gasteiger partial charge in [0.15, 0.2) is 0 Å². The normalized spacial score (nSPS) is 11.7. The summed E-state index contributed by atoms with van der Waals surface area (Å²) in [6, 6.07) is 8.24. The number of carbonyl (C=O) groups is 1. The summed E-state index contributed by atoms with van der Waals surface area (Å²) < 4.78 is 0. The van der Waals surface area contributed by atoms with Gasteiger partial charge in [0.25, 0.3) is 0 Å². The van der Waals surface area contributed by atoms with Crippen molar-refractivity contribution in [3.63, 3.8) is 0 Å². The Bertz CT molecular complexity index is 829. The Morgan fingerprint density at radius 2 is 0.979 bits per heavy atom. The summed E-state index contributed by atoms with van der Waals surface area (Å²) in [5.74, 6) is -0.0149. The quantitative estimate of drug-likeness (QED) is 0.0605. The van der Waals surface area contributed by atoms with Crippen molar-refractivity contribution >= 4 is 17.7 Å². The second kappa shape index (κ2) is 31.4. The third-order valence-electron chi connectivity index (χ3n) is 9.52. The predicted octanol–water partition coefficient (Wildman–Crippen LogP) is 10.7. The molecule has 0 fully saturated rings. The molecule has 47 heavy (non-hydrogen) atoms. The van der Waals surface area contributed by atoms with Crippen LogP contribution in [0.2, 0.25) is 0 Å². The van der Waals surface area contributed by atoms with Crippen LogP contribution in [0.25, 0.3) is 6.08 Å². The van der Waals surface area contributed by atoms with E-state index in [-0.39, 0.29) is 5.91 Å². The number of unbranched alkanes of at least 4 members (excludes halogenated alkanes) is 18. The fourth-order valence-electron chi connectivity index (χ4n) is 6.33. The number of benzene rings is 1. The van der Waals surface area contributed by atoms with Crippen LogP contribution in [-0.4, -0.2) is 76.1 Å². The molecule has 1 rings (SSSR count). The van der Waals surface area contributed by atoms with Crippen molar-refractivity contribution in [2.45, 2.75) is 155 Å². The van der Waals surface area contributed by atoms with Crippen molar-refractivity contribution in [3.8, 4) is 0 Å². The van der Waals surface area contributed by atoms with Gasteiger partial charge < -0.3 is 20.0 Å². The van der Waals surface area contributed by atoms with E-state index in [1.807, 2.05) is 32.3 Å². The molecule has 0 saturated carbocycles. The third-order valence-corrected chi connectivity index (χ3v) is 9.52. The molecule has 0 aliphatic heterocycles. The van der Waals surface area contributed by atoms with Gasteiger partial charge in [-0.05, 0) is 89.2 Å². The van der Waals surface area contributed by atoms with Crippen LogP contribution in [0.15, 0.2) is 30.3 Å². The van der Waals surface area contributed by atoms with Gasteiger partial charge in [-0.25, -0.2) is 0 Å². The first-order valence-electron chi connectivity index (χ1n) is 20.1. The van der Waals surface area contributed by atoms with E-state index < -0.39 is 0 Å². The number of carbonyl (C=O) groups excluding carboxylic acids is 1. The van der Waals surface area contributed by atoms with E-state index in [9.17, 15) is 4.79 Å². The first-order valence-corrected chi connectivity index (χ1v) is 20.1. The van der Waals surface area contributed by atoms with E-state index in [1.54, 1.807) is 6.08 Å². The minimum absolute atomic E-state index is 0.0149. The van der Waals surface area contributed by atoms with Gasteiger partial charge in [0.2, 0.25) is 5.91 Å². The molecular formula is C42H78N4O. The number of amides is 1. The van der Waals surface area contributed by atoms with Crippen molar-refractivity contribution in [3.05, 3.63) is 35.9 Å². The molecule has 0 heterocycles. The van der Waals surface area contributed by atoms with Crippen molar-refractivity contribution in [1.29, 1.82) is 0 Å². The highest BCUT2D eigenvalue weighted by atomic mass is 16.1. The van der Waals surface area contributed by atoms with Gasteiger partial charge >= 0.3 is 0 Å². The summed E-state index contributed by atoms with van der Waals surface area (Å²) >= 11 is 0. The van der Waals surface area contributed by atoms with Gasteiger partial charge in [-0.2, -0.15) is 0 Å². The number of nitrogens with one attached hydrogen (secondary N) is 1. The van der Waals surface area contributed by atoms with Crippen LogP contribution in [0.4, 0.5) is 5.69 Å². The van der Waals surface area contributed by atoms with Gasteiger partial charge in [-0.15, -0.1) is 0 Å². The second-order valence-corrected chi connectivity index (χ2v) is 14.3. The SMILES string of the molecule is CCCCCCCCCCCCN(CCCCCCCCCCCC)CCCN(C)CCCNC(=O)/C=C/c1ccc(N(C)C)cc1. The maximum absolute atomic E-state index is 12.3. The molecule has 0 spiro atoms. The Morgan fingerprint density at radius 3 is 1.45 bits per heavy atom. The molecule has 0 aromatic heterocycles. The number of nitrogens with zero attached hydrogens (tertiary/aromatic N) is 3. The zero-order chi connectivity index (χ0) is 34.2. The van der Waals surface area contributed by atoms with Crippen molar-refractivity contribution in [2.75, 3.05) is 65.3 Å². The highest BCUT2D eigenvalue weighted by Crippen LogP contribution is 2.14. The van der Waals surface area contributed by atoms with Gasteiger partial charge in [-0.1, -0.05) is 142 Å². The first kappa shape index (κ1) is 43.2. The molecule has 5 heteroatoms. The van der Waals surface area contributed by atoms with Crippen molar-refractivity contribution in [2.24, 2.45) is 0 Å². The Labute approximate surface area is 293 Å². The Morgan fingerprint density at radius 1 is 0.553 bits per heavy atom. The average Bonchev–Trinajstić information content (AvgIpc) is 3.07. The molecule has 0 saturated heterocycles. The summed E-state index contributed by atoms with van der Waals surface area (Å²) in [5.41, 5.74) is 2.20. The predicted molar refractivity (Wildman–Crippen MR) is 210 cm³/mol.